The molecule has 2 aliphatic rings. The van der Waals surface area contributed by atoms with Crippen LogP contribution in [0.15, 0.2) is 18.3 Å². The van der Waals surface area contributed by atoms with Gasteiger partial charge >= 0.3 is 0 Å². The second-order valence-corrected chi connectivity index (χ2v) is 7.25. The first-order chi connectivity index (χ1) is 11.6. The Balaban J connectivity index is 1.57. The van der Waals surface area contributed by atoms with E-state index in [4.69, 9.17) is 0 Å². The third-order valence-corrected chi connectivity index (χ3v) is 5.83. The monoisotopic (exact) mass is 349 g/mol. The Bertz CT molecular complexity index is 591. The average Bonchev–Trinajstić information content (AvgIpc) is 3.11. The summed E-state index contributed by atoms with van der Waals surface area (Å²) in [5.74, 6) is 2.26. The Labute approximate surface area is 146 Å². The molecule has 0 radical (unpaired) electrons. The molecule has 3 rings (SSSR count). The quantitative estimate of drug-likeness (QED) is 0.805. The number of carbonyl (C=O) groups is 2. The Kier molecular flexibility index (Phi) is 5.23. The zero-order chi connectivity index (χ0) is 17.1. The fourth-order valence-electron chi connectivity index (χ4n) is 3.31. The molecule has 130 valence electrons. The lowest BCUT2D eigenvalue weighted by Gasteiger charge is -2.38. The zero-order valence-corrected chi connectivity index (χ0v) is 14.9. The van der Waals surface area contributed by atoms with E-state index in [1.165, 1.54) is 6.92 Å². The van der Waals surface area contributed by atoms with Crippen molar-refractivity contribution in [2.24, 2.45) is 0 Å². The predicted octanol–water partition coefficient (Wildman–Crippen LogP) is 0.825. The van der Waals surface area contributed by atoms with Gasteiger partial charge < -0.3 is 14.7 Å². The molecule has 8 heteroatoms. The molecule has 0 aromatic carbocycles. The van der Waals surface area contributed by atoms with E-state index in [0.717, 1.165) is 31.7 Å². The number of nitrogens with zero attached hydrogens (tertiary/aromatic N) is 5. The van der Waals surface area contributed by atoms with Gasteiger partial charge in [0.15, 0.2) is 5.82 Å². The molecule has 0 unspecified atom stereocenters. The van der Waals surface area contributed by atoms with Crippen molar-refractivity contribution < 1.29 is 9.59 Å². The van der Waals surface area contributed by atoms with Crippen LogP contribution < -0.4 is 4.90 Å². The summed E-state index contributed by atoms with van der Waals surface area (Å²) in [5.41, 5.74) is 0. The van der Waals surface area contributed by atoms with E-state index in [9.17, 15) is 9.59 Å². The molecule has 2 fully saturated rings. The van der Waals surface area contributed by atoms with E-state index >= 15 is 0 Å². The van der Waals surface area contributed by atoms with E-state index in [-0.39, 0.29) is 17.9 Å². The lowest BCUT2D eigenvalue weighted by atomic mass is 10.0. The van der Waals surface area contributed by atoms with Gasteiger partial charge in [-0.05, 0) is 25.0 Å². The van der Waals surface area contributed by atoms with E-state index in [0.29, 0.717) is 17.7 Å². The number of amides is 2. The first kappa shape index (κ1) is 17.0. The van der Waals surface area contributed by atoms with Crippen LogP contribution in [0.4, 0.5) is 5.82 Å². The van der Waals surface area contributed by atoms with Gasteiger partial charge in [-0.25, -0.2) is 0 Å². The molecule has 0 aliphatic carbocycles. The van der Waals surface area contributed by atoms with Gasteiger partial charge in [0.25, 0.3) is 0 Å². The van der Waals surface area contributed by atoms with Crippen molar-refractivity contribution in [1.29, 1.82) is 0 Å². The van der Waals surface area contributed by atoms with Crippen LogP contribution in [-0.2, 0) is 9.59 Å². The first-order valence-electron chi connectivity index (χ1n) is 8.22. The zero-order valence-electron chi connectivity index (χ0n) is 14.1. The summed E-state index contributed by atoms with van der Waals surface area (Å²) in [6, 6.07) is 3.89. The van der Waals surface area contributed by atoms with Crippen LogP contribution in [0.2, 0.25) is 0 Å². The third-order valence-electron chi connectivity index (χ3n) is 4.82. The van der Waals surface area contributed by atoms with Gasteiger partial charge in [-0.3, -0.25) is 9.59 Å². The minimum atomic E-state index is -0.290. The summed E-state index contributed by atoms with van der Waals surface area (Å²) in [6.45, 7) is 2.98. The lowest BCUT2D eigenvalue weighted by Crippen LogP contribution is -2.52. The number of anilines is 1. The molecule has 3 heterocycles. The maximum atomic E-state index is 12.7. The molecule has 1 aromatic rings. The second kappa shape index (κ2) is 7.38. The summed E-state index contributed by atoms with van der Waals surface area (Å²) in [4.78, 5) is 30.1. The first-order valence-corrected chi connectivity index (χ1v) is 9.37. The van der Waals surface area contributed by atoms with Crippen molar-refractivity contribution in [1.82, 2.24) is 20.0 Å². The Morgan fingerprint density at radius 1 is 1.33 bits per heavy atom. The van der Waals surface area contributed by atoms with Gasteiger partial charge in [0.2, 0.25) is 11.8 Å². The van der Waals surface area contributed by atoms with Gasteiger partial charge in [-0.15, -0.1) is 16.9 Å². The van der Waals surface area contributed by atoms with Gasteiger partial charge in [0.1, 0.15) is 6.04 Å². The van der Waals surface area contributed by atoms with E-state index in [2.05, 4.69) is 15.1 Å². The fourth-order valence-corrected chi connectivity index (χ4v) is 4.52. The largest absolute Gasteiger partial charge is 0.355 e. The number of rotatable bonds is 3. The molecule has 0 bridgehead atoms. The molecule has 1 aromatic heterocycles. The van der Waals surface area contributed by atoms with E-state index in [1.54, 1.807) is 22.9 Å². The summed E-state index contributed by atoms with van der Waals surface area (Å²) in [5, 5.41) is 8.07. The van der Waals surface area contributed by atoms with Gasteiger partial charge in [0.05, 0.1) is 5.88 Å². The van der Waals surface area contributed by atoms with Crippen molar-refractivity contribution in [3.63, 3.8) is 0 Å². The molecule has 0 saturated carbocycles. The fraction of sp³-hybridized carbons (Fsp3) is 0.625. The molecule has 24 heavy (non-hydrogen) atoms. The van der Waals surface area contributed by atoms with Crippen LogP contribution >= 0.6 is 11.8 Å². The molecule has 2 saturated heterocycles. The van der Waals surface area contributed by atoms with Crippen molar-refractivity contribution in [3.8, 4) is 0 Å². The summed E-state index contributed by atoms with van der Waals surface area (Å²) in [6.07, 6.45) is 3.47. The van der Waals surface area contributed by atoms with Crippen molar-refractivity contribution >= 4 is 29.4 Å². The van der Waals surface area contributed by atoms with Crippen LogP contribution in [0, 0.1) is 0 Å². The van der Waals surface area contributed by atoms with Crippen LogP contribution in [0.3, 0.4) is 0 Å². The number of aromatic nitrogens is 2. The number of piperidine rings is 1. The Morgan fingerprint density at radius 2 is 2.08 bits per heavy atom. The van der Waals surface area contributed by atoms with Crippen LogP contribution in [0.5, 0.6) is 0 Å². The Morgan fingerprint density at radius 3 is 2.71 bits per heavy atom. The highest BCUT2D eigenvalue weighted by Crippen LogP contribution is 2.25. The minimum absolute atomic E-state index is 0.0179. The molecule has 2 amide bonds. The van der Waals surface area contributed by atoms with E-state index < -0.39 is 0 Å². The smallest absolute Gasteiger partial charge is 0.246 e. The van der Waals surface area contributed by atoms with Gasteiger partial charge in [0, 0.05) is 45.1 Å². The predicted molar refractivity (Wildman–Crippen MR) is 93.7 cm³/mol. The summed E-state index contributed by atoms with van der Waals surface area (Å²) < 4.78 is 0. The summed E-state index contributed by atoms with van der Waals surface area (Å²) >= 11 is 1.65. The molecule has 0 N–H and O–H groups in total. The van der Waals surface area contributed by atoms with Gasteiger partial charge in [-0.1, -0.05) is 0 Å². The highest BCUT2D eigenvalue weighted by Gasteiger charge is 2.37. The maximum absolute atomic E-state index is 12.7. The van der Waals surface area contributed by atoms with Gasteiger partial charge in [-0.2, -0.15) is 5.10 Å². The third kappa shape index (κ3) is 3.48. The van der Waals surface area contributed by atoms with Crippen LogP contribution in [-0.4, -0.2) is 75.7 Å². The average molecular weight is 349 g/mol. The molecule has 0 spiro atoms. The van der Waals surface area contributed by atoms with Crippen molar-refractivity contribution in [3.05, 3.63) is 18.3 Å². The molecule has 2 aliphatic heterocycles. The Hall–Kier alpha value is -1.83. The van der Waals surface area contributed by atoms with Crippen molar-refractivity contribution in [2.75, 3.05) is 36.7 Å². The number of hydrogen-bond donors (Lipinski definition) is 0. The SMILES string of the molecule is CC(=O)N1CSC[C@H]1C(=O)N1CCC(N(C)c2cccnn2)CC1. The van der Waals surface area contributed by atoms with Crippen molar-refractivity contribution in [2.45, 2.75) is 31.8 Å². The highest BCUT2D eigenvalue weighted by atomic mass is 32.2. The number of thioether (sulfide) groups is 1. The topological polar surface area (TPSA) is 69.6 Å². The normalized spacial score (nSPS) is 21.8. The molecule has 7 nitrogen and oxygen atoms in total. The number of hydrogen-bond acceptors (Lipinski definition) is 6. The molecule has 1 atom stereocenters. The highest BCUT2D eigenvalue weighted by molar-refractivity contribution is 7.99. The lowest BCUT2D eigenvalue weighted by molar-refractivity contribution is -0.143. The maximum Gasteiger partial charge on any atom is 0.246 e. The molecular formula is C16H23N5O2S. The van der Waals surface area contributed by atoms with Crippen LogP contribution in [0.1, 0.15) is 19.8 Å². The number of carbonyl (C=O) groups excluding carboxylic acids is 2. The van der Waals surface area contributed by atoms with E-state index in [1.807, 2.05) is 24.1 Å². The minimum Gasteiger partial charge on any atom is -0.355 e. The second-order valence-electron chi connectivity index (χ2n) is 6.25. The summed E-state index contributed by atoms with van der Waals surface area (Å²) in [7, 11) is 2.03. The van der Waals surface area contributed by atoms with Crippen LogP contribution in [0.25, 0.3) is 0 Å². The molecular weight excluding hydrogens is 326 g/mol. The standard InChI is InChI=1S/C16H23N5O2S/c1-12(22)21-11-24-10-14(21)16(23)20-8-5-13(6-9-20)19(2)15-4-3-7-17-18-15/h3-4,7,13-14H,5-6,8-11H2,1-2H3/t14-/m0/s1. The number of likely N-dealkylation sites (tertiary alicyclic amines) is 1.